The lowest BCUT2D eigenvalue weighted by atomic mass is 9.92. The summed E-state index contributed by atoms with van der Waals surface area (Å²) in [5.41, 5.74) is -4.62. The Labute approximate surface area is 222 Å². The maximum atomic E-state index is 12.9. The van der Waals surface area contributed by atoms with Gasteiger partial charge in [0.2, 0.25) is 0 Å². The van der Waals surface area contributed by atoms with Crippen LogP contribution < -0.4 is 0 Å². The minimum Gasteiger partial charge on any atom is -0.744 e. The molecule has 0 aromatic heterocycles. The lowest BCUT2D eigenvalue weighted by Gasteiger charge is -2.32. The topological polar surface area (TPSA) is 124 Å². The molecule has 0 aliphatic carbocycles. The van der Waals surface area contributed by atoms with E-state index in [1.54, 1.807) is 12.1 Å². The Hall–Kier alpha value is -3.88. The average Bonchev–Trinajstić information content (AvgIpc) is 2.85. The van der Waals surface area contributed by atoms with Crippen LogP contribution >= 0.6 is 0 Å². The van der Waals surface area contributed by atoms with Crippen molar-refractivity contribution in [2.24, 2.45) is 0 Å². The van der Waals surface area contributed by atoms with E-state index < -0.39 is 52.0 Å². The summed E-state index contributed by atoms with van der Waals surface area (Å²) in [4.78, 5) is 12.3. The van der Waals surface area contributed by atoms with Crippen molar-refractivity contribution in [3.63, 3.8) is 0 Å². The van der Waals surface area contributed by atoms with Gasteiger partial charge in [0.05, 0.1) is 17.1 Å². The quantitative estimate of drug-likeness (QED) is 0.169. The predicted octanol–water partition coefficient (Wildman–Crippen LogP) is 5.67. The molecule has 212 valence electrons. The summed E-state index contributed by atoms with van der Waals surface area (Å²) in [7, 11) is -4.84. The Balaban J connectivity index is 1.76. The molecule has 0 saturated carbocycles. The summed E-state index contributed by atoms with van der Waals surface area (Å²) in [5.74, 6) is -1.66. The number of carbonyl (C=O) groups is 1. The molecule has 0 radical (unpaired) electrons. The molecule has 0 aliphatic heterocycles. The van der Waals surface area contributed by atoms with Crippen molar-refractivity contribution in [3.8, 4) is 16.9 Å². The SMILES string of the molecule is O=C(OCCC(O)(C(F)(F)F)C(F)(F)F)c1ccc(-c2cccc3c(S(=O)(=O)[O-])cccc23)c2ccc(O)cc12. The first kappa shape index (κ1) is 29.1. The zero-order chi connectivity index (χ0) is 29.7. The van der Waals surface area contributed by atoms with Gasteiger partial charge in [-0.2, -0.15) is 26.3 Å². The van der Waals surface area contributed by atoms with E-state index in [1.165, 1.54) is 36.4 Å². The van der Waals surface area contributed by atoms with Gasteiger partial charge in [0.25, 0.3) is 5.60 Å². The van der Waals surface area contributed by atoms with Crippen molar-refractivity contribution < 1.29 is 59.1 Å². The van der Waals surface area contributed by atoms with E-state index in [-0.39, 0.29) is 27.5 Å². The van der Waals surface area contributed by atoms with Crippen molar-refractivity contribution in [1.29, 1.82) is 0 Å². The third-order valence-electron chi connectivity index (χ3n) is 6.30. The number of carbonyl (C=O) groups excluding carboxylic acids is 1. The number of benzene rings is 4. The number of esters is 1. The van der Waals surface area contributed by atoms with E-state index in [0.29, 0.717) is 16.5 Å². The summed E-state index contributed by atoms with van der Waals surface area (Å²) in [6.45, 7) is -1.44. The highest BCUT2D eigenvalue weighted by Gasteiger charge is 2.70. The van der Waals surface area contributed by atoms with Gasteiger partial charge in [-0.15, -0.1) is 0 Å². The minimum absolute atomic E-state index is 0.00834. The second kappa shape index (κ2) is 9.94. The Morgan fingerprint density at radius 2 is 1.38 bits per heavy atom. The highest BCUT2D eigenvalue weighted by Crippen LogP contribution is 2.45. The van der Waals surface area contributed by atoms with Crippen molar-refractivity contribution in [2.75, 3.05) is 6.61 Å². The standard InChI is InChI=1S/C26H18F6O7S/c27-25(28,29)24(35,26(30,31)32)11-12-39-23(34)20-10-9-17(18-8-7-14(33)13-21(18)20)15-3-1-5-19-16(15)4-2-6-22(19)40(36,37)38/h1-10,13,33,35H,11-12H2,(H,36,37,38)/p-1. The molecule has 7 nitrogen and oxygen atoms in total. The van der Waals surface area contributed by atoms with Crippen molar-refractivity contribution in [2.45, 2.75) is 29.3 Å². The molecule has 0 saturated heterocycles. The number of ether oxygens (including phenoxy) is 1. The first-order chi connectivity index (χ1) is 18.5. The molecule has 0 unspecified atom stereocenters. The maximum absolute atomic E-state index is 12.9. The van der Waals surface area contributed by atoms with Gasteiger partial charge in [0, 0.05) is 11.8 Å². The summed E-state index contributed by atoms with van der Waals surface area (Å²) in [6, 6.07) is 14.9. The normalized spacial score (nSPS) is 13.1. The third-order valence-corrected chi connectivity index (χ3v) is 7.19. The van der Waals surface area contributed by atoms with Crippen molar-refractivity contribution in [1.82, 2.24) is 0 Å². The second-order valence-corrected chi connectivity index (χ2v) is 10.1. The Kier molecular flexibility index (Phi) is 7.24. The molecule has 4 rings (SSSR count). The Morgan fingerprint density at radius 3 is 2.00 bits per heavy atom. The fraction of sp³-hybridized carbons (Fsp3) is 0.192. The van der Waals surface area contributed by atoms with Crippen LogP contribution in [0.15, 0.2) is 71.6 Å². The van der Waals surface area contributed by atoms with E-state index in [2.05, 4.69) is 4.74 Å². The number of aliphatic hydroxyl groups is 1. The molecule has 14 heteroatoms. The average molecular weight is 587 g/mol. The monoisotopic (exact) mass is 587 g/mol. The smallest absolute Gasteiger partial charge is 0.426 e. The molecule has 0 aliphatic rings. The minimum atomic E-state index is -6.08. The molecule has 0 bridgehead atoms. The van der Waals surface area contributed by atoms with Crippen LogP contribution in [0, 0.1) is 0 Å². The van der Waals surface area contributed by atoms with Gasteiger partial charge in [0.15, 0.2) is 0 Å². The van der Waals surface area contributed by atoms with Crippen molar-refractivity contribution >= 4 is 37.6 Å². The fourth-order valence-corrected chi connectivity index (χ4v) is 4.99. The predicted molar refractivity (Wildman–Crippen MR) is 128 cm³/mol. The molecule has 4 aromatic carbocycles. The summed E-state index contributed by atoms with van der Waals surface area (Å²) < 4.78 is 117. The number of hydrogen-bond donors (Lipinski definition) is 2. The number of alkyl halides is 6. The third kappa shape index (κ3) is 5.17. The van der Waals surface area contributed by atoms with Crippen LogP contribution in [-0.2, 0) is 14.9 Å². The lowest BCUT2D eigenvalue weighted by molar-refractivity contribution is -0.371. The van der Waals surface area contributed by atoms with Crippen LogP contribution in [0.5, 0.6) is 5.75 Å². The highest BCUT2D eigenvalue weighted by atomic mass is 32.2. The molecule has 4 aromatic rings. The van der Waals surface area contributed by atoms with Crippen LogP contribution in [0.1, 0.15) is 16.8 Å². The van der Waals surface area contributed by atoms with E-state index in [9.17, 15) is 54.3 Å². The van der Waals surface area contributed by atoms with Crippen LogP contribution in [-0.4, -0.2) is 53.7 Å². The van der Waals surface area contributed by atoms with Crippen LogP contribution in [0.25, 0.3) is 32.7 Å². The number of fused-ring (bicyclic) bond motifs is 2. The zero-order valence-electron chi connectivity index (χ0n) is 19.9. The number of hydrogen-bond acceptors (Lipinski definition) is 7. The molecular weight excluding hydrogens is 570 g/mol. The number of aromatic hydroxyl groups is 1. The first-order valence-corrected chi connectivity index (χ1v) is 12.6. The van der Waals surface area contributed by atoms with E-state index >= 15 is 0 Å². The van der Waals surface area contributed by atoms with Gasteiger partial charge in [-0.3, -0.25) is 0 Å². The fourth-order valence-electron chi connectivity index (χ4n) is 4.30. The van der Waals surface area contributed by atoms with Crippen LogP contribution in [0.3, 0.4) is 0 Å². The molecular formula is C26H17F6O7S-. The Bertz CT molecular complexity index is 1720. The summed E-state index contributed by atoms with van der Waals surface area (Å²) in [6.07, 6.45) is -14.2. The van der Waals surface area contributed by atoms with Crippen LogP contribution in [0.2, 0.25) is 0 Å². The van der Waals surface area contributed by atoms with E-state index in [0.717, 1.165) is 18.2 Å². The van der Waals surface area contributed by atoms with Crippen molar-refractivity contribution in [3.05, 3.63) is 72.3 Å². The zero-order valence-corrected chi connectivity index (χ0v) is 20.7. The largest absolute Gasteiger partial charge is 0.744 e. The molecule has 0 atom stereocenters. The summed E-state index contributed by atoms with van der Waals surface area (Å²) in [5, 5.41) is 20.0. The van der Waals surface area contributed by atoms with Gasteiger partial charge in [-0.05, 0) is 51.6 Å². The highest BCUT2D eigenvalue weighted by molar-refractivity contribution is 7.86. The number of rotatable bonds is 6. The first-order valence-electron chi connectivity index (χ1n) is 11.2. The van der Waals surface area contributed by atoms with Gasteiger partial charge in [0.1, 0.15) is 15.9 Å². The lowest BCUT2D eigenvalue weighted by Crippen LogP contribution is -2.57. The number of halogens is 6. The van der Waals surface area contributed by atoms with E-state index in [1.807, 2.05) is 0 Å². The van der Waals surface area contributed by atoms with Gasteiger partial charge >= 0.3 is 18.3 Å². The van der Waals surface area contributed by atoms with E-state index in [4.69, 9.17) is 0 Å². The summed E-state index contributed by atoms with van der Waals surface area (Å²) >= 11 is 0. The molecule has 0 fully saturated rings. The molecule has 40 heavy (non-hydrogen) atoms. The van der Waals surface area contributed by atoms with Gasteiger partial charge < -0.3 is 19.5 Å². The molecule has 0 spiro atoms. The molecule has 0 heterocycles. The second-order valence-electron chi connectivity index (χ2n) is 8.74. The number of phenols is 1. The molecule has 2 N–H and O–H groups in total. The van der Waals surface area contributed by atoms with Gasteiger partial charge in [-0.1, -0.05) is 42.5 Å². The maximum Gasteiger partial charge on any atom is 0.426 e. The van der Waals surface area contributed by atoms with Gasteiger partial charge in [-0.25, -0.2) is 13.2 Å². The molecule has 0 amide bonds. The van der Waals surface area contributed by atoms with Crippen LogP contribution in [0.4, 0.5) is 26.3 Å². The number of phenolic OH excluding ortho intramolecular Hbond substituents is 1. The Morgan fingerprint density at radius 1 is 0.800 bits per heavy atom.